The number of rotatable bonds is 3. The smallest absolute Gasteiger partial charge is 0.280 e. The van der Waals surface area contributed by atoms with Gasteiger partial charge in [0.1, 0.15) is 0 Å². The van der Waals surface area contributed by atoms with Gasteiger partial charge in [0.2, 0.25) is 5.65 Å². The fraction of sp³-hybridized carbons (Fsp3) is 0.389. The molecule has 3 aromatic rings. The van der Waals surface area contributed by atoms with Crippen LogP contribution in [0.5, 0.6) is 0 Å². The minimum Gasteiger partial charge on any atom is -0.280 e. The van der Waals surface area contributed by atoms with Crippen molar-refractivity contribution < 1.29 is 0 Å². The average molecular weight is 359 g/mol. The Bertz CT molecular complexity index is 1060. The van der Waals surface area contributed by atoms with E-state index in [1.807, 2.05) is 13.0 Å². The third kappa shape index (κ3) is 2.80. The molecule has 0 radical (unpaired) electrons. The highest BCUT2D eigenvalue weighted by atomic mass is 35.5. The molecule has 1 saturated carbocycles. The van der Waals surface area contributed by atoms with Crippen LogP contribution < -0.4 is 11.2 Å². The van der Waals surface area contributed by atoms with Crippen molar-refractivity contribution in [1.82, 2.24) is 18.7 Å². The first-order chi connectivity index (χ1) is 12.0. The molecule has 0 saturated heterocycles. The molecule has 7 heteroatoms. The zero-order valence-electron chi connectivity index (χ0n) is 14.0. The van der Waals surface area contributed by atoms with Crippen molar-refractivity contribution in [3.8, 4) is 5.69 Å². The lowest BCUT2D eigenvalue weighted by molar-refractivity contribution is 0.420. The van der Waals surface area contributed by atoms with Crippen molar-refractivity contribution in [2.45, 2.75) is 39.2 Å². The molecule has 0 unspecified atom stereocenters. The Morgan fingerprint density at radius 1 is 1.20 bits per heavy atom. The molecule has 1 aliphatic carbocycles. The lowest BCUT2D eigenvalue weighted by Gasteiger charge is -2.07. The molecule has 0 N–H and O–H groups in total. The molecule has 2 heterocycles. The molecule has 6 nitrogen and oxygen atoms in total. The number of benzene rings is 1. The maximum Gasteiger partial charge on any atom is 0.350 e. The predicted molar refractivity (Wildman–Crippen MR) is 96.8 cm³/mol. The summed E-state index contributed by atoms with van der Waals surface area (Å²) in [5.41, 5.74) is 1.17. The normalized spacial score (nSPS) is 15.3. The Hall–Kier alpha value is -2.34. The second-order valence-corrected chi connectivity index (χ2v) is 7.12. The van der Waals surface area contributed by atoms with Crippen LogP contribution in [0.15, 0.2) is 40.2 Å². The summed E-state index contributed by atoms with van der Waals surface area (Å²) in [5.74, 6) is 0.476. The number of hydrogen-bond donors (Lipinski definition) is 0. The summed E-state index contributed by atoms with van der Waals surface area (Å²) in [6.07, 6.45) is 7.84. The van der Waals surface area contributed by atoms with Gasteiger partial charge in [-0.15, -0.1) is 5.10 Å². The van der Waals surface area contributed by atoms with Crippen molar-refractivity contribution in [2.24, 2.45) is 5.92 Å². The zero-order valence-corrected chi connectivity index (χ0v) is 14.7. The van der Waals surface area contributed by atoms with E-state index >= 15 is 0 Å². The lowest BCUT2D eigenvalue weighted by atomic mass is 10.1. The van der Waals surface area contributed by atoms with E-state index in [0.29, 0.717) is 23.2 Å². The second-order valence-electron chi connectivity index (χ2n) is 6.72. The summed E-state index contributed by atoms with van der Waals surface area (Å²) in [6, 6.07) is 5.38. The molecule has 1 fully saturated rings. The summed E-state index contributed by atoms with van der Waals surface area (Å²) in [4.78, 5) is 25.3. The van der Waals surface area contributed by atoms with Gasteiger partial charge in [-0.25, -0.2) is 13.9 Å². The first-order valence-electron chi connectivity index (χ1n) is 8.52. The van der Waals surface area contributed by atoms with E-state index in [1.54, 1.807) is 24.5 Å². The number of hydrogen-bond acceptors (Lipinski definition) is 3. The molecular weight excluding hydrogens is 340 g/mol. The molecule has 1 aromatic carbocycles. The fourth-order valence-electron chi connectivity index (χ4n) is 3.55. The molecule has 1 aliphatic rings. The highest BCUT2D eigenvalue weighted by Gasteiger charge is 2.19. The van der Waals surface area contributed by atoms with Gasteiger partial charge in [0.25, 0.3) is 0 Å². The third-order valence-corrected chi connectivity index (χ3v) is 5.40. The molecule has 0 amide bonds. The summed E-state index contributed by atoms with van der Waals surface area (Å²) >= 11 is 6.06. The van der Waals surface area contributed by atoms with Crippen molar-refractivity contribution >= 4 is 17.2 Å². The molecule has 4 rings (SSSR count). The Kier molecular flexibility index (Phi) is 4.00. The number of aryl methyl sites for hydroxylation is 1. The van der Waals surface area contributed by atoms with E-state index in [-0.39, 0.29) is 16.9 Å². The minimum atomic E-state index is -0.313. The van der Waals surface area contributed by atoms with E-state index in [4.69, 9.17) is 11.6 Å². The van der Waals surface area contributed by atoms with Crippen LogP contribution in [0.4, 0.5) is 0 Å². The fourth-order valence-corrected chi connectivity index (χ4v) is 3.67. The number of nitrogens with zero attached hydrogens (tertiary/aromatic N) is 4. The SMILES string of the molecule is Cc1cc(-n2ccn3c(=O)n(CC4CCCC4)nc3c2=O)ccc1Cl. The van der Waals surface area contributed by atoms with Gasteiger partial charge in [-0.2, -0.15) is 0 Å². The molecular formula is C18H19ClN4O2. The standard InChI is InChI=1S/C18H19ClN4O2/c1-12-10-14(6-7-15(12)19)21-8-9-22-16(17(21)24)20-23(18(22)25)11-13-4-2-3-5-13/h6-10,13H,2-5,11H2,1H3. The third-order valence-electron chi connectivity index (χ3n) is 4.97. The second kappa shape index (κ2) is 6.19. The number of halogens is 1. The maximum absolute atomic E-state index is 12.8. The zero-order chi connectivity index (χ0) is 17.6. The van der Waals surface area contributed by atoms with Gasteiger partial charge in [-0.05, 0) is 49.4 Å². The predicted octanol–water partition coefficient (Wildman–Crippen LogP) is 2.80. The molecule has 0 spiro atoms. The van der Waals surface area contributed by atoms with Crippen molar-refractivity contribution in [3.05, 3.63) is 62.0 Å². The number of fused-ring (bicyclic) bond motifs is 1. The summed E-state index contributed by atoms with van der Waals surface area (Å²) in [5, 5.41) is 4.96. The highest BCUT2D eigenvalue weighted by molar-refractivity contribution is 6.31. The monoisotopic (exact) mass is 358 g/mol. The summed E-state index contributed by atoms with van der Waals surface area (Å²) < 4.78 is 4.26. The van der Waals surface area contributed by atoms with Crippen molar-refractivity contribution in [3.63, 3.8) is 0 Å². The molecule has 0 aliphatic heterocycles. The molecule has 0 atom stereocenters. The van der Waals surface area contributed by atoms with Gasteiger partial charge in [0, 0.05) is 29.6 Å². The van der Waals surface area contributed by atoms with Gasteiger partial charge in [-0.1, -0.05) is 24.4 Å². The Morgan fingerprint density at radius 2 is 1.96 bits per heavy atom. The van der Waals surface area contributed by atoms with Crippen LogP contribution in [0.25, 0.3) is 11.3 Å². The van der Waals surface area contributed by atoms with Crippen LogP contribution in [0.1, 0.15) is 31.2 Å². The van der Waals surface area contributed by atoms with Gasteiger partial charge >= 0.3 is 11.2 Å². The van der Waals surface area contributed by atoms with Crippen LogP contribution in [0, 0.1) is 12.8 Å². The van der Waals surface area contributed by atoms with Crippen LogP contribution in [-0.2, 0) is 6.54 Å². The minimum absolute atomic E-state index is 0.151. The molecule has 25 heavy (non-hydrogen) atoms. The lowest BCUT2D eigenvalue weighted by Crippen LogP contribution is -2.25. The Labute approximate surface area is 149 Å². The first-order valence-corrected chi connectivity index (χ1v) is 8.90. The van der Waals surface area contributed by atoms with Gasteiger partial charge in [0.15, 0.2) is 0 Å². The van der Waals surface area contributed by atoms with Gasteiger partial charge < -0.3 is 0 Å². The highest BCUT2D eigenvalue weighted by Crippen LogP contribution is 2.25. The Balaban J connectivity index is 1.80. The van der Waals surface area contributed by atoms with Crippen molar-refractivity contribution in [2.75, 3.05) is 0 Å². The first kappa shape index (κ1) is 16.1. The quantitative estimate of drug-likeness (QED) is 0.723. The van der Waals surface area contributed by atoms with Gasteiger partial charge in [-0.3, -0.25) is 9.36 Å². The van der Waals surface area contributed by atoms with E-state index in [2.05, 4.69) is 5.10 Å². The maximum atomic E-state index is 12.8. The van der Waals surface area contributed by atoms with Crippen LogP contribution >= 0.6 is 11.6 Å². The topological polar surface area (TPSA) is 61.3 Å². The largest absolute Gasteiger partial charge is 0.350 e. The van der Waals surface area contributed by atoms with Crippen molar-refractivity contribution in [1.29, 1.82) is 0 Å². The number of aromatic nitrogens is 4. The van der Waals surface area contributed by atoms with E-state index < -0.39 is 0 Å². The van der Waals surface area contributed by atoms with E-state index in [1.165, 1.54) is 26.5 Å². The summed E-state index contributed by atoms with van der Waals surface area (Å²) in [7, 11) is 0. The molecule has 130 valence electrons. The van der Waals surface area contributed by atoms with Crippen LogP contribution in [-0.4, -0.2) is 18.7 Å². The van der Waals surface area contributed by atoms with Crippen LogP contribution in [0.2, 0.25) is 5.02 Å². The molecule has 2 aromatic heterocycles. The molecule has 0 bridgehead atoms. The van der Waals surface area contributed by atoms with E-state index in [0.717, 1.165) is 18.4 Å². The average Bonchev–Trinajstić information content (AvgIpc) is 3.21. The Morgan fingerprint density at radius 3 is 2.68 bits per heavy atom. The van der Waals surface area contributed by atoms with Crippen LogP contribution in [0.3, 0.4) is 0 Å². The summed E-state index contributed by atoms with van der Waals surface area (Å²) in [6.45, 7) is 2.47. The van der Waals surface area contributed by atoms with E-state index in [9.17, 15) is 9.59 Å². The van der Waals surface area contributed by atoms with Gasteiger partial charge in [0.05, 0.1) is 0 Å².